The van der Waals surface area contributed by atoms with Crippen LogP contribution in [0.1, 0.15) is 16.8 Å². The molecule has 0 saturated heterocycles. The fourth-order valence-corrected chi connectivity index (χ4v) is 3.84. The van der Waals surface area contributed by atoms with Crippen LogP contribution in [0.15, 0.2) is 41.2 Å². The largest absolute Gasteiger partial charge is 0.504 e. The Morgan fingerprint density at radius 3 is 2.67 bits per heavy atom. The average molecular weight is 428 g/mol. The Morgan fingerprint density at radius 2 is 1.97 bits per heavy atom. The van der Waals surface area contributed by atoms with Gasteiger partial charge < -0.3 is 19.6 Å². The molecule has 1 aliphatic heterocycles. The summed E-state index contributed by atoms with van der Waals surface area (Å²) in [6, 6.07) is 10.7. The van der Waals surface area contributed by atoms with Gasteiger partial charge in [-0.05, 0) is 42.0 Å². The molecule has 156 valence electrons. The molecule has 2 heterocycles. The van der Waals surface area contributed by atoms with Gasteiger partial charge in [-0.2, -0.15) is 0 Å². The molecule has 0 unspecified atom stereocenters. The lowest BCUT2D eigenvalue weighted by atomic mass is 10.0. The van der Waals surface area contributed by atoms with E-state index >= 15 is 0 Å². The normalized spacial score (nSPS) is 13.7. The summed E-state index contributed by atoms with van der Waals surface area (Å²) < 4.78 is 10.5. The number of H-pyrrole nitrogens is 1. The first-order chi connectivity index (χ1) is 14.5. The number of halogens is 1. The molecular formula is C22H22ClN3O4. The van der Waals surface area contributed by atoms with Crippen LogP contribution in [0.3, 0.4) is 0 Å². The molecular weight excluding hydrogens is 406 g/mol. The third kappa shape index (κ3) is 3.99. The maximum Gasteiger partial charge on any atom is 0.255 e. The van der Waals surface area contributed by atoms with Gasteiger partial charge in [0.2, 0.25) is 5.75 Å². The lowest BCUT2D eigenvalue weighted by Gasteiger charge is -2.28. The number of benzene rings is 2. The van der Waals surface area contributed by atoms with Crippen LogP contribution in [0.2, 0.25) is 5.02 Å². The van der Waals surface area contributed by atoms with Crippen molar-refractivity contribution in [1.82, 2.24) is 14.9 Å². The molecule has 0 saturated carbocycles. The number of aromatic hydroxyl groups is 1. The summed E-state index contributed by atoms with van der Waals surface area (Å²) in [7, 11) is 3.01. The molecule has 0 aliphatic carbocycles. The number of ether oxygens (including phenoxy) is 2. The Hall–Kier alpha value is -3.03. The van der Waals surface area contributed by atoms with Crippen molar-refractivity contribution >= 4 is 11.6 Å². The Morgan fingerprint density at radius 1 is 1.20 bits per heavy atom. The smallest absolute Gasteiger partial charge is 0.255 e. The van der Waals surface area contributed by atoms with Crippen molar-refractivity contribution in [1.29, 1.82) is 0 Å². The first-order valence-electron chi connectivity index (χ1n) is 9.52. The van der Waals surface area contributed by atoms with Crippen LogP contribution in [0.4, 0.5) is 0 Å². The summed E-state index contributed by atoms with van der Waals surface area (Å²) in [6.07, 6.45) is 0.666. The predicted molar refractivity (Wildman–Crippen MR) is 114 cm³/mol. The lowest BCUT2D eigenvalue weighted by Crippen LogP contribution is -2.35. The molecule has 0 spiro atoms. The molecule has 0 atom stereocenters. The van der Waals surface area contributed by atoms with Gasteiger partial charge in [-0.25, -0.2) is 4.98 Å². The molecule has 8 heteroatoms. The van der Waals surface area contributed by atoms with Crippen molar-refractivity contribution in [2.75, 3.05) is 20.8 Å². The third-order valence-corrected chi connectivity index (χ3v) is 5.44. The van der Waals surface area contributed by atoms with Crippen LogP contribution in [0.25, 0.3) is 11.4 Å². The molecule has 4 rings (SSSR count). The highest BCUT2D eigenvalue weighted by atomic mass is 35.5. The fourth-order valence-electron chi connectivity index (χ4n) is 3.71. The summed E-state index contributed by atoms with van der Waals surface area (Å²) in [5, 5.41) is 10.8. The van der Waals surface area contributed by atoms with E-state index in [1.54, 1.807) is 18.2 Å². The molecule has 0 bridgehead atoms. The Kier molecular flexibility index (Phi) is 5.65. The second kappa shape index (κ2) is 8.38. The standard InChI is InChI=1S/C22H22ClN3O4/c1-29-19-10-13(9-18(27)20(19)30-2)11-26-8-7-17-16(12-26)22(28)25-21(24-17)14-3-5-15(23)6-4-14/h3-6,9-10,27H,7-8,11-12H2,1-2H3,(H,24,25,28). The van der Waals surface area contributed by atoms with E-state index < -0.39 is 0 Å². The number of rotatable bonds is 5. The minimum Gasteiger partial charge on any atom is -0.504 e. The van der Waals surface area contributed by atoms with E-state index in [0.29, 0.717) is 47.4 Å². The second-order valence-corrected chi connectivity index (χ2v) is 7.59. The van der Waals surface area contributed by atoms with Crippen LogP contribution >= 0.6 is 11.6 Å². The monoisotopic (exact) mass is 427 g/mol. The van der Waals surface area contributed by atoms with Crippen molar-refractivity contribution < 1.29 is 14.6 Å². The number of fused-ring (bicyclic) bond motifs is 1. The van der Waals surface area contributed by atoms with Crippen LogP contribution in [-0.2, 0) is 19.5 Å². The quantitative estimate of drug-likeness (QED) is 0.649. The summed E-state index contributed by atoms with van der Waals surface area (Å²) >= 11 is 5.95. The zero-order chi connectivity index (χ0) is 21.3. The fraction of sp³-hybridized carbons (Fsp3) is 0.273. The minimum atomic E-state index is -0.134. The van der Waals surface area contributed by atoms with Crippen molar-refractivity contribution in [3.8, 4) is 28.6 Å². The van der Waals surface area contributed by atoms with E-state index in [-0.39, 0.29) is 11.3 Å². The summed E-state index contributed by atoms with van der Waals surface area (Å²) in [6.45, 7) is 1.79. The van der Waals surface area contributed by atoms with E-state index in [4.69, 9.17) is 21.1 Å². The van der Waals surface area contributed by atoms with E-state index in [9.17, 15) is 9.90 Å². The molecule has 0 fully saturated rings. The Balaban J connectivity index is 1.56. The van der Waals surface area contributed by atoms with Gasteiger partial charge in [0.05, 0.1) is 25.5 Å². The zero-order valence-corrected chi connectivity index (χ0v) is 17.5. The van der Waals surface area contributed by atoms with Gasteiger partial charge in [0.25, 0.3) is 5.56 Å². The van der Waals surface area contributed by atoms with Gasteiger partial charge in [-0.1, -0.05) is 11.6 Å². The number of hydrogen-bond donors (Lipinski definition) is 2. The summed E-state index contributed by atoms with van der Waals surface area (Å²) in [5.74, 6) is 1.35. The van der Waals surface area contributed by atoms with Gasteiger partial charge >= 0.3 is 0 Å². The van der Waals surface area contributed by atoms with Crippen LogP contribution in [0, 0.1) is 0 Å². The van der Waals surface area contributed by atoms with Crippen LogP contribution in [-0.4, -0.2) is 40.7 Å². The Labute approximate surface area is 178 Å². The maximum atomic E-state index is 12.7. The van der Waals surface area contributed by atoms with Gasteiger partial charge in [-0.3, -0.25) is 9.69 Å². The highest BCUT2D eigenvalue weighted by Gasteiger charge is 2.22. The molecule has 0 amide bonds. The molecule has 1 aromatic heterocycles. The van der Waals surface area contributed by atoms with E-state index in [1.165, 1.54) is 14.2 Å². The van der Waals surface area contributed by atoms with E-state index in [0.717, 1.165) is 23.4 Å². The lowest BCUT2D eigenvalue weighted by molar-refractivity contribution is 0.240. The average Bonchev–Trinajstić information content (AvgIpc) is 2.74. The van der Waals surface area contributed by atoms with Gasteiger partial charge in [0.1, 0.15) is 5.82 Å². The number of aromatic nitrogens is 2. The maximum absolute atomic E-state index is 12.7. The topological polar surface area (TPSA) is 87.7 Å². The number of nitrogens with zero attached hydrogens (tertiary/aromatic N) is 2. The number of methoxy groups -OCH3 is 2. The number of phenols is 1. The van der Waals surface area contributed by atoms with Crippen LogP contribution in [0.5, 0.6) is 17.2 Å². The Bertz CT molecular complexity index is 1130. The number of phenolic OH excluding ortho intramolecular Hbond substituents is 1. The summed E-state index contributed by atoms with van der Waals surface area (Å²) in [4.78, 5) is 22.4. The van der Waals surface area contributed by atoms with E-state index in [1.807, 2.05) is 18.2 Å². The number of hydrogen-bond acceptors (Lipinski definition) is 6. The zero-order valence-electron chi connectivity index (χ0n) is 16.7. The predicted octanol–water partition coefficient (Wildman–Crippen LogP) is 3.37. The molecule has 7 nitrogen and oxygen atoms in total. The molecule has 1 aliphatic rings. The first kappa shape index (κ1) is 20.3. The van der Waals surface area contributed by atoms with Crippen LogP contribution < -0.4 is 15.0 Å². The molecule has 2 aromatic carbocycles. The molecule has 3 aromatic rings. The molecule has 0 radical (unpaired) electrons. The second-order valence-electron chi connectivity index (χ2n) is 7.16. The SMILES string of the molecule is COc1cc(CN2CCc3nc(-c4ccc(Cl)cc4)[nH]c(=O)c3C2)cc(O)c1OC. The van der Waals surface area contributed by atoms with Gasteiger partial charge in [0, 0.05) is 36.6 Å². The highest BCUT2D eigenvalue weighted by Crippen LogP contribution is 2.37. The van der Waals surface area contributed by atoms with Crippen molar-refractivity contribution in [3.63, 3.8) is 0 Å². The van der Waals surface area contributed by atoms with Crippen molar-refractivity contribution in [2.45, 2.75) is 19.5 Å². The van der Waals surface area contributed by atoms with Crippen molar-refractivity contribution in [3.05, 3.63) is 68.6 Å². The minimum absolute atomic E-state index is 0.0244. The summed E-state index contributed by atoms with van der Waals surface area (Å²) in [5.41, 5.74) is 3.04. The van der Waals surface area contributed by atoms with Gasteiger partial charge in [0.15, 0.2) is 11.5 Å². The third-order valence-electron chi connectivity index (χ3n) is 5.19. The number of aromatic amines is 1. The highest BCUT2D eigenvalue weighted by molar-refractivity contribution is 6.30. The van der Waals surface area contributed by atoms with E-state index in [2.05, 4.69) is 14.9 Å². The molecule has 30 heavy (non-hydrogen) atoms. The molecule has 2 N–H and O–H groups in total. The van der Waals surface area contributed by atoms with Gasteiger partial charge in [-0.15, -0.1) is 0 Å². The first-order valence-corrected chi connectivity index (χ1v) is 9.90. The number of nitrogens with one attached hydrogen (secondary N) is 1. The van der Waals surface area contributed by atoms with Crippen molar-refractivity contribution in [2.24, 2.45) is 0 Å².